The van der Waals surface area contributed by atoms with Gasteiger partial charge in [-0.15, -0.1) is 0 Å². The minimum Gasteiger partial charge on any atom is -0.488 e. The number of hydrogen-bond acceptors (Lipinski definition) is 3. The first kappa shape index (κ1) is 25.0. The maximum Gasteiger partial charge on any atom is 0.255 e. The first-order chi connectivity index (χ1) is 17.5. The van der Waals surface area contributed by atoms with Crippen molar-refractivity contribution < 1.29 is 18.7 Å². The Labute approximate surface area is 211 Å². The maximum absolute atomic E-state index is 14.1. The fourth-order valence-corrected chi connectivity index (χ4v) is 3.83. The number of carbonyl (C=O) groups excluding carboxylic acids is 1. The Morgan fingerprint density at radius 3 is 1.92 bits per heavy atom. The van der Waals surface area contributed by atoms with Gasteiger partial charge in [0.25, 0.3) is 5.91 Å². The third-order valence-electron chi connectivity index (χ3n) is 5.85. The molecule has 0 aliphatic carbocycles. The Balaban J connectivity index is 1.63. The Morgan fingerprint density at radius 1 is 0.778 bits per heavy atom. The van der Waals surface area contributed by atoms with Gasteiger partial charge in [-0.3, -0.25) is 4.79 Å². The van der Waals surface area contributed by atoms with Gasteiger partial charge in [0.1, 0.15) is 30.5 Å². The second kappa shape index (κ2) is 12.0. The van der Waals surface area contributed by atoms with Crippen molar-refractivity contribution >= 4 is 5.91 Å². The molecule has 0 aromatic heterocycles. The zero-order chi connectivity index (χ0) is 25.3. The number of halogens is 1. The van der Waals surface area contributed by atoms with Crippen LogP contribution >= 0.6 is 0 Å². The molecule has 4 rings (SSSR count). The summed E-state index contributed by atoms with van der Waals surface area (Å²) in [6.07, 6.45) is 0. The molecule has 0 aliphatic heterocycles. The second-order valence-corrected chi connectivity index (χ2v) is 8.86. The van der Waals surface area contributed by atoms with E-state index in [4.69, 9.17) is 9.47 Å². The summed E-state index contributed by atoms with van der Waals surface area (Å²) < 4.78 is 26.4. The van der Waals surface area contributed by atoms with Gasteiger partial charge in [-0.25, -0.2) is 4.39 Å². The molecule has 0 saturated carbocycles. The molecule has 0 aliphatic rings. The quantitative estimate of drug-likeness (QED) is 0.263. The number of rotatable bonds is 10. The monoisotopic (exact) mass is 483 g/mol. The maximum atomic E-state index is 14.1. The number of nitrogens with one attached hydrogen (secondary N) is 1. The molecule has 36 heavy (non-hydrogen) atoms. The molecule has 5 heteroatoms. The lowest BCUT2D eigenvalue weighted by Gasteiger charge is -2.19. The first-order valence-corrected chi connectivity index (χ1v) is 12.0. The Bertz CT molecular complexity index is 1290. The molecule has 0 atom stereocenters. The van der Waals surface area contributed by atoms with Crippen LogP contribution in [0.2, 0.25) is 0 Å². The van der Waals surface area contributed by atoms with Gasteiger partial charge in [0.2, 0.25) is 0 Å². The zero-order valence-electron chi connectivity index (χ0n) is 20.5. The van der Waals surface area contributed by atoms with E-state index in [1.807, 2.05) is 66.7 Å². The molecule has 0 heterocycles. The van der Waals surface area contributed by atoms with Gasteiger partial charge in [0, 0.05) is 18.2 Å². The lowest BCUT2D eigenvalue weighted by molar-refractivity contribution is 0.0945. The van der Waals surface area contributed by atoms with Gasteiger partial charge in [-0.1, -0.05) is 92.7 Å². The molecule has 4 aromatic rings. The van der Waals surface area contributed by atoms with E-state index in [1.54, 1.807) is 24.3 Å². The Hall–Kier alpha value is -4.12. The summed E-state index contributed by atoms with van der Waals surface area (Å²) in [6.45, 7) is 4.88. The lowest BCUT2D eigenvalue weighted by atomic mass is 9.98. The molecule has 1 N–H and O–H groups in total. The Kier molecular flexibility index (Phi) is 8.35. The van der Waals surface area contributed by atoms with E-state index in [9.17, 15) is 9.18 Å². The van der Waals surface area contributed by atoms with Crippen LogP contribution in [-0.4, -0.2) is 5.91 Å². The minimum absolute atomic E-state index is 0.0763. The molecule has 184 valence electrons. The SMILES string of the molecule is CC(C)c1cc(C(=O)NCc2ccccc2F)c(OCc2ccccc2)cc1OCc1ccccc1. The third-order valence-corrected chi connectivity index (χ3v) is 5.85. The van der Waals surface area contributed by atoms with Crippen LogP contribution in [0.25, 0.3) is 0 Å². The molecule has 0 unspecified atom stereocenters. The van der Waals surface area contributed by atoms with Crippen molar-refractivity contribution in [3.05, 3.63) is 131 Å². The molecule has 4 nitrogen and oxygen atoms in total. The van der Waals surface area contributed by atoms with E-state index in [1.165, 1.54) is 6.07 Å². The van der Waals surface area contributed by atoms with Crippen LogP contribution in [0.4, 0.5) is 4.39 Å². The molecule has 1 amide bonds. The smallest absolute Gasteiger partial charge is 0.255 e. The van der Waals surface area contributed by atoms with Crippen LogP contribution in [0.15, 0.2) is 97.1 Å². The molecule has 0 bridgehead atoms. The van der Waals surface area contributed by atoms with Crippen LogP contribution in [0.3, 0.4) is 0 Å². The van der Waals surface area contributed by atoms with Gasteiger partial charge in [-0.2, -0.15) is 0 Å². The van der Waals surface area contributed by atoms with Gasteiger partial charge >= 0.3 is 0 Å². The predicted molar refractivity (Wildman–Crippen MR) is 140 cm³/mol. The summed E-state index contributed by atoms with van der Waals surface area (Å²) in [5.74, 6) is 0.501. The predicted octanol–water partition coefficient (Wildman–Crippen LogP) is 7.04. The summed E-state index contributed by atoms with van der Waals surface area (Å²) in [4.78, 5) is 13.3. The molecular formula is C31H30FNO3. The fraction of sp³-hybridized carbons (Fsp3) is 0.194. The molecule has 0 spiro atoms. The van der Waals surface area contributed by atoms with Crippen LogP contribution in [0, 0.1) is 5.82 Å². The number of benzene rings is 4. The summed E-state index contributed by atoms with van der Waals surface area (Å²) in [5, 5.41) is 2.84. The van der Waals surface area contributed by atoms with E-state index in [2.05, 4.69) is 19.2 Å². The highest BCUT2D eigenvalue weighted by Gasteiger charge is 2.20. The van der Waals surface area contributed by atoms with Crippen molar-refractivity contribution in [3.63, 3.8) is 0 Å². The Morgan fingerprint density at radius 2 is 1.33 bits per heavy atom. The molecule has 0 saturated heterocycles. The largest absolute Gasteiger partial charge is 0.488 e. The molecule has 0 radical (unpaired) electrons. The topological polar surface area (TPSA) is 47.6 Å². The second-order valence-electron chi connectivity index (χ2n) is 8.86. The number of amides is 1. The molecule has 0 fully saturated rings. The highest BCUT2D eigenvalue weighted by molar-refractivity contribution is 5.97. The van der Waals surface area contributed by atoms with Crippen LogP contribution in [0.1, 0.15) is 52.4 Å². The average Bonchev–Trinajstić information content (AvgIpc) is 2.91. The van der Waals surface area contributed by atoms with Crippen LogP contribution < -0.4 is 14.8 Å². The third kappa shape index (κ3) is 6.51. The van der Waals surface area contributed by atoms with Crippen LogP contribution in [-0.2, 0) is 19.8 Å². The average molecular weight is 484 g/mol. The number of ether oxygens (including phenoxy) is 2. The summed E-state index contributed by atoms with van der Waals surface area (Å²) in [5.41, 5.74) is 3.73. The highest BCUT2D eigenvalue weighted by atomic mass is 19.1. The number of carbonyl (C=O) groups is 1. The van der Waals surface area contributed by atoms with E-state index >= 15 is 0 Å². The first-order valence-electron chi connectivity index (χ1n) is 12.0. The number of hydrogen-bond donors (Lipinski definition) is 1. The van der Waals surface area contributed by atoms with E-state index in [0.29, 0.717) is 35.8 Å². The van der Waals surface area contributed by atoms with Crippen molar-refractivity contribution in [2.24, 2.45) is 0 Å². The fourth-order valence-electron chi connectivity index (χ4n) is 3.83. The van der Waals surface area contributed by atoms with Crippen molar-refractivity contribution in [2.75, 3.05) is 0 Å². The van der Waals surface area contributed by atoms with Gasteiger partial charge in [0.15, 0.2) is 0 Å². The summed E-state index contributed by atoms with van der Waals surface area (Å²) in [6, 6.07) is 29.7. The van der Waals surface area contributed by atoms with Crippen molar-refractivity contribution in [1.29, 1.82) is 0 Å². The van der Waals surface area contributed by atoms with E-state index in [-0.39, 0.29) is 24.2 Å². The van der Waals surface area contributed by atoms with Crippen molar-refractivity contribution in [1.82, 2.24) is 5.32 Å². The summed E-state index contributed by atoms with van der Waals surface area (Å²) >= 11 is 0. The van der Waals surface area contributed by atoms with Gasteiger partial charge < -0.3 is 14.8 Å². The molecular weight excluding hydrogens is 453 g/mol. The van der Waals surface area contributed by atoms with Crippen molar-refractivity contribution in [3.8, 4) is 11.5 Å². The van der Waals surface area contributed by atoms with Crippen LogP contribution in [0.5, 0.6) is 11.5 Å². The zero-order valence-corrected chi connectivity index (χ0v) is 20.5. The minimum atomic E-state index is -0.356. The molecule has 4 aromatic carbocycles. The van der Waals surface area contributed by atoms with Gasteiger partial charge in [-0.05, 0) is 34.7 Å². The van der Waals surface area contributed by atoms with E-state index in [0.717, 1.165) is 16.7 Å². The van der Waals surface area contributed by atoms with E-state index < -0.39 is 0 Å². The lowest BCUT2D eigenvalue weighted by Crippen LogP contribution is -2.24. The van der Waals surface area contributed by atoms with Gasteiger partial charge in [0.05, 0.1) is 5.56 Å². The normalized spacial score (nSPS) is 10.8. The van der Waals surface area contributed by atoms with Crippen molar-refractivity contribution in [2.45, 2.75) is 39.5 Å². The standard InChI is InChI=1S/C31H30FNO3/c1-22(2)26-17-27(31(34)33-19-25-15-9-10-16-28(25)32)30(36-21-24-13-7-4-8-14-24)18-29(26)35-20-23-11-5-3-6-12-23/h3-18,22H,19-21H2,1-2H3,(H,33,34). The summed E-state index contributed by atoms with van der Waals surface area (Å²) in [7, 11) is 0. The highest BCUT2D eigenvalue weighted by Crippen LogP contribution is 2.35.